The fourth-order valence-electron chi connectivity index (χ4n) is 1.25. The number of rotatable bonds is 4. The molecule has 0 saturated heterocycles. The third kappa shape index (κ3) is 3.82. The van der Waals surface area contributed by atoms with E-state index in [1.807, 2.05) is 30.3 Å². The van der Waals surface area contributed by atoms with Gasteiger partial charge in [-0.1, -0.05) is 30.3 Å². The Morgan fingerprint density at radius 3 is 2.67 bits per heavy atom. The van der Waals surface area contributed by atoms with Crippen molar-refractivity contribution in [1.82, 2.24) is 4.90 Å². The van der Waals surface area contributed by atoms with Crippen LogP contribution in [-0.4, -0.2) is 30.9 Å². The molecule has 0 spiro atoms. The van der Waals surface area contributed by atoms with Crippen LogP contribution in [0.1, 0.15) is 5.56 Å². The van der Waals surface area contributed by atoms with E-state index in [1.54, 1.807) is 11.9 Å². The van der Waals surface area contributed by atoms with Crippen LogP contribution in [0, 0.1) is 6.57 Å². The van der Waals surface area contributed by atoms with Gasteiger partial charge in [-0.2, -0.15) is 0 Å². The molecule has 3 nitrogen and oxygen atoms in total. The van der Waals surface area contributed by atoms with Crippen molar-refractivity contribution in [2.24, 2.45) is 0 Å². The van der Waals surface area contributed by atoms with Crippen LogP contribution in [0.3, 0.4) is 0 Å². The fraction of sp³-hybridized carbons (Fsp3) is 0.333. The second-order valence-corrected chi connectivity index (χ2v) is 3.37. The Kier molecular flexibility index (Phi) is 4.36. The number of carbonyl (C=O) groups excluding carboxylic acids is 1. The summed E-state index contributed by atoms with van der Waals surface area (Å²) in [5.41, 5.74) is 1.21. The molecule has 1 amide bonds. The monoisotopic (exact) mass is 202 g/mol. The molecule has 0 fully saturated rings. The first-order valence-electron chi connectivity index (χ1n) is 4.85. The third-order valence-corrected chi connectivity index (χ3v) is 2.22. The van der Waals surface area contributed by atoms with Gasteiger partial charge in [0.15, 0.2) is 0 Å². The van der Waals surface area contributed by atoms with Crippen molar-refractivity contribution >= 4 is 5.91 Å². The van der Waals surface area contributed by atoms with E-state index in [0.717, 1.165) is 6.42 Å². The first-order chi connectivity index (χ1) is 7.24. The highest BCUT2D eigenvalue weighted by Gasteiger charge is 2.10. The molecule has 0 atom stereocenters. The highest BCUT2D eigenvalue weighted by molar-refractivity contribution is 5.79. The van der Waals surface area contributed by atoms with Gasteiger partial charge in [0, 0.05) is 13.6 Å². The van der Waals surface area contributed by atoms with Crippen molar-refractivity contribution in [3.63, 3.8) is 0 Å². The summed E-state index contributed by atoms with van der Waals surface area (Å²) < 4.78 is 0. The molecule has 0 aromatic heterocycles. The van der Waals surface area contributed by atoms with E-state index in [2.05, 4.69) is 4.85 Å². The van der Waals surface area contributed by atoms with Crippen molar-refractivity contribution in [3.05, 3.63) is 47.3 Å². The molecule has 0 aliphatic carbocycles. The molecule has 78 valence electrons. The highest BCUT2D eigenvalue weighted by atomic mass is 16.2. The van der Waals surface area contributed by atoms with Gasteiger partial charge in [-0.25, -0.2) is 6.57 Å². The first kappa shape index (κ1) is 11.3. The fourth-order valence-corrected chi connectivity index (χ4v) is 1.25. The molecular weight excluding hydrogens is 188 g/mol. The van der Waals surface area contributed by atoms with Crippen molar-refractivity contribution in [1.29, 1.82) is 0 Å². The van der Waals surface area contributed by atoms with Crippen LogP contribution in [0.15, 0.2) is 30.3 Å². The average molecular weight is 202 g/mol. The highest BCUT2D eigenvalue weighted by Crippen LogP contribution is 2.00. The lowest BCUT2D eigenvalue weighted by molar-refractivity contribution is -0.127. The SMILES string of the molecule is [C-]#[N+]CC(=O)N(C)CCc1ccccc1. The first-order valence-corrected chi connectivity index (χ1v) is 4.85. The second-order valence-electron chi connectivity index (χ2n) is 3.37. The Morgan fingerprint density at radius 2 is 2.07 bits per heavy atom. The number of hydrogen-bond acceptors (Lipinski definition) is 1. The van der Waals surface area contributed by atoms with Crippen LogP contribution in [-0.2, 0) is 11.2 Å². The maximum Gasteiger partial charge on any atom is 0.302 e. The summed E-state index contributed by atoms with van der Waals surface area (Å²) in [4.78, 5) is 15.9. The minimum absolute atomic E-state index is 0.0503. The number of amides is 1. The van der Waals surface area contributed by atoms with Crippen LogP contribution in [0.5, 0.6) is 0 Å². The predicted octanol–water partition coefficient (Wildman–Crippen LogP) is 1.61. The Morgan fingerprint density at radius 1 is 1.40 bits per heavy atom. The quantitative estimate of drug-likeness (QED) is 0.681. The zero-order valence-corrected chi connectivity index (χ0v) is 8.81. The van der Waals surface area contributed by atoms with Crippen molar-refractivity contribution in [2.45, 2.75) is 6.42 Å². The summed E-state index contributed by atoms with van der Waals surface area (Å²) in [5.74, 6) is -0.110. The van der Waals surface area contributed by atoms with Crippen molar-refractivity contribution in [3.8, 4) is 0 Å². The van der Waals surface area contributed by atoms with E-state index in [0.29, 0.717) is 6.54 Å². The van der Waals surface area contributed by atoms with Gasteiger partial charge in [0.25, 0.3) is 6.54 Å². The topological polar surface area (TPSA) is 24.7 Å². The van der Waals surface area contributed by atoms with Gasteiger partial charge in [-0.3, -0.25) is 4.79 Å². The van der Waals surface area contributed by atoms with E-state index >= 15 is 0 Å². The van der Waals surface area contributed by atoms with Crippen LogP contribution in [0.25, 0.3) is 4.85 Å². The van der Waals surface area contributed by atoms with Gasteiger partial charge in [-0.05, 0) is 12.0 Å². The molecule has 0 aliphatic heterocycles. The Hall–Kier alpha value is -1.82. The van der Waals surface area contributed by atoms with Crippen molar-refractivity contribution < 1.29 is 4.79 Å². The van der Waals surface area contributed by atoms with E-state index in [9.17, 15) is 4.79 Å². The minimum Gasteiger partial charge on any atom is -0.339 e. The molecule has 15 heavy (non-hydrogen) atoms. The summed E-state index contributed by atoms with van der Waals surface area (Å²) in [6.45, 7) is 7.21. The number of likely N-dealkylation sites (N-methyl/N-ethyl adjacent to an activating group) is 1. The zero-order valence-electron chi connectivity index (χ0n) is 8.81. The summed E-state index contributed by atoms with van der Waals surface area (Å²) >= 11 is 0. The number of carbonyl (C=O) groups is 1. The van der Waals surface area contributed by atoms with Crippen molar-refractivity contribution in [2.75, 3.05) is 20.1 Å². The summed E-state index contributed by atoms with van der Waals surface area (Å²) in [5, 5.41) is 0. The lowest BCUT2D eigenvalue weighted by Gasteiger charge is -2.13. The van der Waals surface area contributed by atoms with Gasteiger partial charge < -0.3 is 9.74 Å². The molecule has 1 aromatic rings. The molecule has 0 unspecified atom stereocenters. The average Bonchev–Trinajstić information content (AvgIpc) is 2.27. The van der Waals surface area contributed by atoms with Crippen LogP contribution in [0.2, 0.25) is 0 Å². The molecule has 0 heterocycles. The van der Waals surface area contributed by atoms with E-state index < -0.39 is 0 Å². The van der Waals surface area contributed by atoms with Gasteiger partial charge in [-0.15, -0.1) is 0 Å². The predicted molar refractivity (Wildman–Crippen MR) is 59.3 cm³/mol. The van der Waals surface area contributed by atoms with Crippen LogP contribution < -0.4 is 0 Å². The smallest absolute Gasteiger partial charge is 0.302 e. The van der Waals surface area contributed by atoms with Gasteiger partial charge >= 0.3 is 5.91 Å². The molecule has 0 bridgehead atoms. The van der Waals surface area contributed by atoms with Gasteiger partial charge in [0.05, 0.1) is 0 Å². The second kappa shape index (κ2) is 5.82. The zero-order chi connectivity index (χ0) is 11.1. The Labute approximate surface area is 90.1 Å². The largest absolute Gasteiger partial charge is 0.339 e. The maximum absolute atomic E-state index is 11.3. The van der Waals surface area contributed by atoms with E-state index in [1.165, 1.54) is 5.56 Å². The molecule has 0 aliphatic rings. The molecule has 1 rings (SSSR count). The Bertz CT molecular complexity index is 354. The van der Waals surface area contributed by atoms with E-state index in [4.69, 9.17) is 6.57 Å². The van der Waals surface area contributed by atoms with Crippen LogP contribution in [0.4, 0.5) is 0 Å². The molecule has 0 N–H and O–H groups in total. The standard InChI is InChI=1S/C12H14N2O/c1-13-10-12(15)14(2)9-8-11-6-4-3-5-7-11/h3-7H,8-10H2,2H3. The maximum atomic E-state index is 11.3. The molecule has 0 radical (unpaired) electrons. The van der Waals surface area contributed by atoms with Gasteiger partial charge in [0.1, 0.15) is 0 Å². The Balaban J connectivity index is 2.38. The summed E-state index contributed by atoms with van der Waals surface area (Å²) in [6, 6.07) is 10.0. The summed E-state index contributed by atoms with van der Waals surface area (Å²) in [7, 11) is 1.73. The van der Waals surface area contributed by atoms with Crippen LogP contribution >= 0.6 is 0 Å². The normalized spacial score (nSPS) is 9.33. The van der Waals surface area contributed by atoms with E-state index in [-0.39, 0.29) is 12.5 Å². The number of benzene rings is 1. The third-order valence-electron chi connectivity index (χ3n) is 2.22. The minimum atomic E-state index is -0.110. The number of hydrogen-bond donors (Lipinski definition) is 0. The van der Waals surface area contributed by atoms with Gasteiger partial charge in [0.2, 0.25) is 0 Å². The molecule has 1 aromatic carbocycles. The number of nitrogens with zero attached hydrogens (tertiary/aromatic N) is 2. The summed E-state index contributed by atoms with van der Waals surface area (Å²) in [6.07, 6.45) is 0.834. The lowest BCUT2D eigenvalue weighted by Crippen LogP contribution is -2.30. The molecule has 3 heteroatoms. The molecule has 0 saturated carbocycles. The molecular formula is C12H14N2O. The lowest BCUT2D eigenvalue weighted by atomic mass is 10.1.